The maximum atomic E-state index is 12.0. The van der Waals surface area contributed by atoms with E-state index in [9.17, 15) is 14.4 Å². The highest BCUT2D eigenvalue weighted by atomic mass is 16.2. The third kappa shape index (κ3) is 2.25. The molecule has 4 amide bonds. The molecule has 2 aliphatic heterocycles. The standard InChI is InChI=1S/C12H19N3O3/c1-2-12(8-15-6-4-3-5-7-15)9(16)13-11(18)14-10(12)17/h2-8H2,1H3,(H2,13,14,16,17,18). The van der Waals surface area contributed by atoms with Crippen molar-refractivity contribution in [3.05, 3.63) is 0 Å². The number of amides is 4. The summed E-state index contributed by atoms with van der Waals surface area (Å²) in [6.07, 6.45) is 3.80. The van der Waals surface area contributed by atoms with Gasteiger partial charge in [0, 0.05) is 6.54 Å². The van der Waals surface area contributed by atoms with Gasteiger partial charge in [-0.05, 0) is 32.4 Å². The van der Waals surface area contributed by atoms with Gasteiger partial charge < -0.3 is 4.90 Å². The van der Waals surface area contributed by atoms with E-state index in [1.165, 1.54) is 6.42 Å². The normalized spacial score (nSPS) is 24.6. The van der Waals surface area contributed by atoms with Gasteiger partial charge in [0.15, 0.2) is 0 Å². The summed E-state index contributed by atoms with van der Waals surface area (Å²) < 4.78 is 0. The molecule has 0 unspecified atom stereocenters. The molecule has 0 aromatic rings. The average Bonchev–Trinajstić information content (AvgIpc) is 2.35. The molecule has 0 radical (unpaired) electrons. The third-order valence-electron chi connectivity index (χ3n) is 3.87. The van der Waals surface area contributed by atoms with E-state index >= 15 is 0 Å². The number of carbonyl (C=O) groups excluding carboxylic acids is 3. The number of piperidine rings is 1. The first-order valence-corrected chi connectivity index (χ1v) is 6.48. The van der Waals surface area contributed by atoms with E-state index in [4.69, 9.17) is 0 Å². The Kier molecular flexibility index (Phi) is 3.65. The Balaban J connectivity index is 2.15. The Bertz CT molecular complexity index is 355. The maximum Gasteiger partial charge on any atom is 0.328 e. The van der Waals surface area contributed by atoms with Crippen LogP contribution in [0.15, 0.2) is 0 Å². The fourth-order valence-electron chi connectivity index (χ4n) is 2.66. The molecule has 2 fully saturated rings. The van der Waals surface area contributed by atoms with Crippen LogP contribution in [0.3, 0.4) is 0 Å². The molecule has 18 heavy (non-hydrogen) atoms. The van der Waals surface area contributed by atoms with Crippen molar-refractivity contribution in [3.8, 4) is 0 Å². The first kappa shape index (κ1) is 13.0. The predicted molar refractivity (Wildman–Crippen MR) is 64.7 cm³/mol. The lowest BCUT2D eigenvalue weighted by Gasteiger charge is -2.38. The summed E-state index contributed by atoms with van der Waals surface area (Å²) in [6.45, 7) is 4.03. The lowest BCUT2D eigenvalue weighted by atomic mass is 9.80. The van der Waals surface area contributed by atoms with Crippen molar-refractivity contribution in [2.24, 2.45) is 5.41 Å². The van der Waals surface area contributed by atoms with Gasteiger partial charge in [0.2, 0.25) is 11.8 Å². The monoisotopic (exact) mass is 253 g/mol. The van der Waals surface area contributed by atoms with E-state index in [-0.39, 0.29) is 0 Å². The Hall–Kier alpha value is -1.43. The zero-order chi connectivity index (χ0) is 13.2. The first-order chi connectivity index (χ1) is 8.58. The molecule has 2 N–H and O–H groups in total. The van der Waals surface area contributed by atoms with Gasteiger partial charge >= 0.3 is 6.03 Å². The molecule has 2 saturated heterocycles. The smallest absolute Gasteiger partial charge is 0.302 e. The SMILES string of the molecule is CCC1(CN2CCCCC2)C(=O)NC(=O)NC1=O. The van der Waals surface area contributed by atoms with Crippen LogP contribution in [0.25, 0.3) is 0 Å². The minimum atomic E-state index is -1.12. The highest BCUT2D eigenvalue weighted by molar-refractivity contribution is 6.19. The maximum absolute atomic E-state index is 12.0. The molecule has 0 saturated carbocycles. The van der Waals surface area contributed by atoms with E-state index in [1.807, 2.05) is 0 Å². The largest absolute Gasteiger partial charge is 0.328 e. The Morgan fingerprint density at radius 3 is 2.11 bits per heavy atom. The second-order valence-corrected chi connectivity index (χ2v) is 5.01. The molecule has 0 spiro atoms. The number of urea groups is 1. The van der Waals surface area contributed by atoms with Crippen LogP contribution in [0.2, 0.25) is 0 Å². The highest BCUT2D eigenvalue weighted by Crippen LogP contribution is 2.27. The Labute approximate surface area is 106 Å². The van der Waals surface area contributed by atoms with Gasteiger partial charge in [0.1, 0.15) is 5.41 Å². The van der Waals surface area contributed by atoms with Crippen molar-refractivity contribution < 1.29 is 14.4 Å². The summed E-state index contributed by atoms with van der Waals surface area (Å²) in [4.78, 5) is 37.3. The molecule has 0 aliphatic carbocycles. The van der Waals surface area contributed by atoms with Crippen molar-refractivity contribution in [1.29, 1.82) is 0 Å². The average molecular weight is 253 g/mol. The quantitative estimate of drug-likeness (QED) is 0.706. The molecule has 0 bridgehead atoms. The number of hydrogen-bond donors (Lipinski definition) is 2. The summed E-state index contributed by atoms with van der Waals surface area (Å²) in [7, 11) is 0. The molecular weight excluding hydrogens is 234 g/mol. The molecule has 0 aromatic heterocycles. The summed E-state index contributed by atoms with van der Waals surface area (Å²) in [6, 6.07) is -0.715. The van der Waals surface area contributed by atoms with E-state index < -0.39 is 23.3 Å². The van der Waals surface area contributed by atoms with E-state index in [0.717, 1.165) is 25.9 Å². The Morgan fingerprint density at radius 1 is 1.06 bits per heavy atom. The summed E-state index contributed by atoms with van der Waals surface area (Å²) in [5.41, 5.74) is -1.12. The number of rotatable bonds is 3. The topological polar surface area (TPSA) is 78.5 Å². The molecule has 0 atom stereocenters. The van der Waals surface area contributed by atoms with Crippen LogP contribution in [0, 0.1) is 5.41 Å². The summed E-state index contributed by atoms with van der Waals surface area (Å²) >= 11 is 0. The predicted octanol–water partition coefficient (Wildman–Crippen LogP) is 0.235. The van der Waals surface area contributed by atoms with Crippen molar-refractivity contribution in [1.82, 2.24) is 15.5 Å². The van der Waals surface area contributed by atoms with Gasteiger partial charge in [0.25, 0.3) is 0 Å². The van der Waals surface area contributed by atoms with Crippen LogP contribution in [-0.4, -0.2) is 42.4 Å². The van der Waals surface area contributed by atoms with Crippen LogP contribution >= 0.6 is 0 Å². The number of nitrogens with zero attached hydrogens (tertiary/aromatic N) is 1. The van der Waals surface area contributed by atoms with Crippen molar-refractivity contribution in [3.63, 3.8) is 0 Å². The fraction of sp³-hybridized carbons (Fsp3) is 0.750. The third-order valence-corrected chi connectivity index (χ3v) is 3.87. The number of carbonyl (C=O) groups is 3. The molecule has 6 heteroatoms. The Morgan fingerprint density at radius 2 is 1.61 bits per heavy atom. The second kappa shape index (κ2) is 5.06. The molecule has 2 rings (SSSR count). The van der Waals surface area contributed by atoms with Gasteiger partial charge in [0.05, 0.1) is 0 Å². The van der Waals surface area contributed by atoms with E-state index in [2.05, 4.69) is 15.5 Å². The summed E-state index contributed by atoms with van der Waals surface area (Å²) in [5, 5.41) is 4.41. The van der Waals surface area contributed by atoms with Crippen LogP contribution in [0.1, 0.15) is 32.6 Å². The lowest BCUT2D eigenvalue weighted by molar-refractivity contribution is -0.146. The molecule has 100 valence electrons. The highest BCUT2D eigenvalue weighted by Gasteiger charge is 2.49. The minimum absolute atomic E-state index is 0.397. The van der Waals surface area contributed by atoms with Crippen molar-refractivity contribution in [2.45, 2.75) is 32.6 Å². The van der Waals surface area contributed by atoms with Crippen LogP contribution in [0.5, 0.6) is 0 Å². The molecule has 0 aromatic carbocycles. The number of barbiturate groups is 1. The number of hydrogen-bond acceptors (Lipinski definition) is 4. The number of nitrogens with one attached hydrogen (secondary N) is 2. The van der Waals surface area contributed by atoms with Gasteiger partial charge in [-0.15, -0.1) is 0 Å². The van der Waals surface area contributed by atoms with Crippen molar-refractivity contribution >= 4 is 17.8 Å². The molecule has 6 nitrogen and oxygen atoms in total. The van der Waals surface area contributed by atoms with Gasteiger partial charge in [-0.1, -0.05) is 13.3 Å². The van der Waals surface area contributed by atoms with Crippen molar-refractivity contribution in [2.75, 3.05) is 19.6 Å². The van der Waals surface area contributed by atoms with Gasteiger partial charge in [-0.25, -0.2) is 4.79 Å². The fourth-order valence-corrected chi connectivity index (χ4v) is 2.66. The van der Waals surface area contributed by atoms with Crippen LogP contribution in [-0.2, 0) is 9.59 Å². The second-order valence-electron chi connectivity index (χ2n) is 5.01. The molecule has 2 heterocycles. The van der Waals surface area contributed by atoms with Gasteiger partial charge in [-0.2, -0.15) is 0 Å². The zero-order valence-corrected chi connectivity index (χ0v) is 10.6. The number of likely N-dealkylation sites (tertiary alicyclic amines) is 1. The zero-order valence-electron chi connectivity index (χ0n) is 10.6. The molecule has 2 aliphatic rings. The van der Waals surface area contributed by atoms with Gasteiger partial charge in [-0.3, -0.25) is 20.2 Å². The van der Waals surface area contributed by atoms with Crippen LogP contribution < -0.4 is 10.6 Å². The first-order valence-electron chi connectivity index (χ1n) is 6.48. The van der Waals surface area contributed by atoms with E-state index in [0.29, 0.717) is 13.0 Å². The van der Waals surface area contributed by atoms with Crippen LogP contribution in [0.4, 0.5) is 4.79 Å². The van der Waals surface area contributed by atoms with E-state index in [1.54, 1.807) is 6.92 Å². The minimum Gasteiger partial charge on any atom is -0.302 e. The lowest BCUT2D eigenvalue weighted by Crippen LogP contribution is -2.65. The number of imide groups is 2. The molecular formula is C12H19N3O3. The summed E-state index contributed by atoms with van der Waals surface area (Å²) in [5.74, 6) is -0.936.